The van der Waals surface area contributed by atoms with Crippen LogP contribution in [0.3, 0.4) is 0 Å². The lowest BCUT2D eigenvalue weighted by Crippen LogP contribution is -2.56. The molecule has 0 unspecified atom stereocenters. The van der Waals surface area contributed by atoms with Crippen LogP contribution in [0.4, 0.5) is 0 Å². The maximum absolute atomic E-state index is 12.5. The van der Waals surface area contributed by atoms with E-state index in [0.29, 0.717) is 10.6 Å². The number of nitrogens with one attached hydrogen (secondary N) is 1. The molecule has 21 heavy (non-hydrogen) atoms. The number of aromatic hydroxyl groups is 1. The van der Waals surface area contributed by atoms with Crippen LogP contribution in [0, 0.1) is 6.92 Å². The number of para-hydroxylation sites is 1. The Labute approximate surface area is 130 Å². The van der Waals surface area contributed by atoms with Gasteiger partial charge in [0, 0.05) is 0 Å². The highest BCUT2D eigenvalue weighted by atomic mass is 32.1. The van der Waals surface area contributed by atoms with E-state index in [-0.39, 0.29) is 17.2 Å². The second kappa shape index (κ2) is 6.43. The Kier molecular flexibility index (Phi) is 4.83. The predicted molar refractivity (Wildman–Crippen MR) is 87.5 cm³/mol. The van der Waals surface area contributed by atoms with E-state index < -0.39 is 5.54 Å². The fraction of sp³-hybridized carbons (Fsp3) is 0.500. The number of phenols is 1. The van der Waals surface area contributed by atoms with Gasteiger partial charge in [0.1, 0.15) is 5.75 Å². The quantitative estimate of drug-likeness (QED) is 0.593. The first-order valence-electron chi connectivity index (χ1n) is 7.37. The van der Waals surface area contributed by atoms with Crippen LogP contribution in [0.25, 0.3) is 0 Å². The first kappa shape index (κ1) is 15.8. The van der Waals surface area contributed by atoms with Crippen LogP contribution in [0.2, 0.25) is 0 Å². The smallest absolute Gasteiger partial charge is 0.255 e. The van der Waals surface area contributed by atoms with Crippen molar-refractivity contribution in [3.8, 4) is 5.75 Å². The largest absolute Gasteiger partial charge is 0.507 e. The molecule has 1 aromatic rings. The van der Waals surface area contributed by atoms with Gasteiger partial charge < -0.3 is 16.2 Å². The van der Waals surface area contributed by atoms with Gasteiger partial charge in [-0.2, -0.15) is 0 Å². The number of rotatable bonds is 3. The number of amides is 1. The zero-order valence-electron chi connectivity index (χ0n) is 12.3. The van der Waals surface area contributed by atoms with Gasteiger partial charge in [-0.3, -0.25) is 4.79 Å². The molecule has 0 atom stereocenters. The van der Waals surface area contributed by atoms with Gasteiger partial charge in [0.05, 0.1) is 16.1 Å². The molecule has 4 N–H and O–H groups in total. The Morgan fingerprint density at radius 3 is 2.48 bits per heavy atom. The third kappa shape index (κ3) is 3.35. The Morgan fingerprint density at radius 1 is 1.29 bits per heavy atom. The minimum Gasteiger partial charge on any atom is -0.507 e. The normalized spacial score (nSPS) is 17.8. The lowest BCUT2D eigenvalue weighted by molar-refractivity contribution is 0.0914. The van der Waals surface area contributed by atoms with Gasteiger partial charge in [-0.15, -0.1) is 0 Å². The van der Waals surface area contributed by atoms with Crippen LogP contribution in [-0.2, 0) is 0 Å². The first-order chi connectivity index (χ1) is 9.96. The highest BCUT2D eigenvalue weighted by molar-refractivity contribution is 7.80. The molecule has 5 heteroatoms. The Morgan fingerprint density at radius 2 is 1.90 bits per heavy atom. The monoisotopic (exact) mass is 306 g/mol. The van der Waals surface area contributed by atoms with Crippen molar-refractivity contribution in [3.05, 3.63) is 29.3 Å². The number of hydrogen-bond donors (Lipinski definition) is 3. The third-order valence-electron chi connectivity index (χ3n) is 4.26. The van der Waals surface area contributed by atoms with Crippen molar-refractivity contribution < 1.29 is 9.90 Å². The summed E-state index contributed by atoms with van der Waals surface area (Å²) in [5.41, 5.74) is 6.24. The summed E-state index contributed by atoms with van der Waals surface area (Å²) >= 11 is 5.22. The molecule has 0 aliphatic heterocycles. The number of aryl methyl sites for hydroxylation is 1. The summed E-state index contributed by atoms with van der Waals surface area (Å²) in [5, 5.41) is 13.0. The van der Waals surface area contributed by atoms with E-state index in [4.69, 9.17) is 18.0 Å². The van der Waals surface area contributed by atoms with Gasteiger partial charge in [-0.25, -0.2) is 0 Å². The highest BCUT2D eigenvalue weighted by Crippen LogP contribution is 2.29. The molecule has 0 radical (unpaired) electrons. The number of carbonyl (C=O) groups excluding carboxylic acids is 1. The summed E-state index contributed by atoms with van der Waals surface area (Å²) in [5.74, 6) is -0.299. The fourth-order valence-electron chi connectivity index (χ4n) is 2.89. The van der Waals surface area contributed by atoms with Gasteiger partial charge in [-0.1, -0.05) is 50.0 Å². The summed E-state index contributed by atoms with van der Waals surface area (Å²) in [7, 11) is 0. The fourth-order valence-corrected chi connectivity index (χ4v) is 3.15. The zero-order valence-corrected chi connectivity index (χ0v) is 13.1. The van der Waals surface area contributed by atoms with Crippen LogP contribution in [0.15, 0.2) is 18.2 Å². The molecule has 4 nitrogen and oxygen atoms in total. The topological polar surface area (TPSA) is 75.4 Å². The molecule has 0 saturated heterocycles. The molecule has 0 spiro atoms. The number of carbonyl (C=O) groups is 1. The maximum Gasteiger partial charge on any atom is 0.255 e. The number of benzene rings is 1. The molecule has 1 aliphatic carbocycles. The van der Waals surface area contributed by atoms with Crippen molar-refractivity contribution in [2.75, 3.05) is 0 Å². The zero-order chi connectivity index (χ0) is 15.5. The van der Waals surface area contributed by atoms with Crippen LogP contribution in [0.1, 0.15) is 54.4 Å². The second-order valence-corrected chi connectivity index (χ2v) is 6.23. The maximum atomic E-state index is 12.5. The van der Waals surface area contributed by atoms with Gasteiger partial charge in [0.25, 0.3) is 5.91 Å². The summed E-state index contributed by atoms with van der Waals surface area (Å²) in [4.78, 5) is 12.9. The molecule has 1 aromatic carbocycles. The van der Waals surface area contributed by atoms with E-state index in [1.165, 1.54) is 0 Å². The van der Waals surface area contributed by atoms with E-state index in [9.17, 15) is 9.90 Å². The summed E-state index contributed by atoms with van der Waals surface area (Å²) in [6.45, 7) is 1.76. The molecule has 114 valence electrons. The van der Waals surface area contributed by atoms with Crippen molar-refractivity contribution in [1.29, 1.82) is 0 Å². The molecule has 1 fully saturated rings. The average Bonchev–Trinajstić information content (AvgIpc) is 2.68. The molecule has 0 aromatic heterocycles. The minimum atomic E-state index is -0.626. The molecule has 1 saturated carbocycles. The van der Waals surface area contributed by atoms with E-state index in [1.807, 2.05) is 0 Å². The number of hydrogen-bond acceptors (Lipinski definition) is 3. The molecule has 1 amide bonds. The van der Waals surface area contributed by atoms with Crippen LogP contribution in [-0.4, -0.2) is 21.5 Å². The number of thiocarbonyl (C=S) groups is 1. The van der Waals surface area contributed by atoms with Crippen molar-refractivity contribution in [3.63, 3.8) is 0 Å². The Bertz CT molecular complexity index is 549. The molecular weight excluding hydrogens is 284 g/mol. The van der Waals surface area contributed by atoms with Crippen LogP contribution in [0.5, 0.6) is 5.75 Å². The lowest BCUT2D eigenvalue weighted by atomic mass is 9.89. The van der Waals surface area contributed by atoms with Crippen LogP contribution < -0.4 is 11.1 Å². The van der Waals surface area contributed by atoms with Crippen molar-refractivity contribution in [2.24, 2.45) is 5.73 Å². The van der Waals surface area contributed by atoms with Gasteiger partial charge in [0.2, 0.25) is 0 Å². The van der Waals surface area contributed by atoms with Crippen molar-refractivity contribution in [2.45, 2.75) is 51.0 Å². The van der Waals surface area contributed by atoms with Crippen molar-refractivity contribution >= 4 is 23.1 Å². The average molecular weight is 306 g/mol. The van der Waals surface area contributed by atoms with E-state index >= 15 is 0 Å². The lowest BCUT2D eigenvalue weighted by Gasteiger charge is -2.33. The van der Waals surface area contributed by atoms with E-state index in [0.717, 1.165) is 38.5 Å². The molecule has 2 rings (SSSR count). The second-order valence-electron chi connectivity index (χ2n) is 5.79. The third-order valence-corrected chi connectivity index (χ3v) is 4.65. The number of phenolic OH excluding ortho intramolecular Hbond substituents is 1. The van der Waals surface area contributed by atoms with Crippen LogP contribution >= 0.6 is 12.2 Å². The molecule has 0 heterocycles. The standard InChI is InChI=1S/C16H22N2O2S/c1-11-7-6-8-12(13(11)19)14(20)18-16(15(17)21)9-4-2-3-5-10-16/h6-8,19H,2-5,9-10H2,1H3,(H2,17,21)(H,18,20). The predicted octanol–water partition coefficient (Wildman–Crippen LogP) is 2.81. The van der Waals surface area contributed by atoms with E-state index in [1.54, 1.807) is 25.1 Å². The molecule has 1 aliphatic rings. The molecular formula is C16H22N2O2S. The summed E-state index contributed by atoms with van der Waals surface area (Å²) in [6.07, 6.45) is 5.79. The highest BCUT2D eigenvalue weighted by Gasteiger charge is 2.36. The SMILES string of the molecule is Cc1cccc(C(=O)NC2(C(N)=S)CCCCCC2)c1O. The Hall–Kier alpha value is -1.62. The summed E-state index contributed by atoms with van der Waals surface area (Å²) in [6, 6.07) is 5.13. The van der Waals surface area contributed by atoms with E-state index in [2.05, 4.69) is 5.32 Å². The number of nitrogens with two attached hydrogens (primary N) is 1. The first-order valence-corrected chi connectivity index (χ1v) is 7.78. The molecule has 0 bridgehead atoms. The van der Waals surface area contributed by atoms with Gasteiger partial charge >= 0.3 is 0 Å². The van der Waals surface area contributed by atoms with Crippen molar-refractivity contribution in [1.82, 2.24) is 5.32 Å². The van der Waals surface area contributed by atoms with Gasteiger partial charge in [0.15, 0.2) is 0 Å². The Balaban J connectivity index is 2.26. The van der Waals surface area contributed by atoms with Gasteiger partial charge in [-0.05, 0) is 31.4 Å². The summed E-state index contributed by atoms with van der Waals surface area (Å²) < 4.78 is 0. The minimum absolute atomic E-state index is 0.0155.